The van der Waals surface area contributed by atoms with Crippen molar-refractivity contribution >= 4 is 5.97 Å². The molecule has 0 amide bonds. The van der Waals surface area contributed by atoms with Crippen LogP contribution in [0.1, 0.15) is 47.0 Å². The number of carboxylic acid groups (broad SMARTS) is 1. The van der Waals surface area contributed by atoms with E-state index >= 15 is 0 Å². The number of carbonyl (C=O) groups is 1. The maximum atomic E-state index is 11.4. The molecule has 0 aromatic rings. The van der Waals surface area contributed by atoms with E-state index in [9.17, 15) is 9.90 Å². The number of aliphatic carboxylic acids is 1. The maximum Gasteiger partial charge on any atom is 0.323 e. The van der Waals surface area contributed by atoms with E-state index in [2.05, 4.69) is 19.2 Å². The van der Waals surface area contributed by atoms with Gasteiger partial charge in [0.05, 0.1) is 19.3 Å². The third kappa shape index (κ3) is 6.68. The van der Waals surface area contributed by atoms with Crippen LogP contribution in [0.4, 0.5) is 0 Å². The highest BCUT2D eigenvalue weighted by Crippen LogP contribution is 2.25. The summed E-state index contributed by atoms with van der Waals surface area (Å²) in [5, 5.41) is 12.6. The van der Waals surface area contributed by atoms with Gasteiger partial charge in [0.2, 0.25) is 0 Å². The van der Waals surface area contributed by atoms with Crippen molar-refractivity contribution in [1.29, 1.82) is 0 Å². The summed E-state index contributed by atoms with van der Waals surface area (Å²) in [4.78, 5) is 11.4. The lowest BCUT2D eigenvalue weighted by molar-refractivity contribution is -0.146. The van der Waals surface area contributed by atoms with Crippen LogP contribution >= 0.6 is 0 Å². The lowest BCUT2D eigenvalue weighted by Crippen LogP contribution is -2.52. The summed E-state index contributed by atoms with van der Waals surface area (Å²) in [6.07, 6.45) is 2.50. The second-order valence-electron chi connectivity index (χ2n) is 6.41. The zero-order chi connectivity index (χ0) is 15.2. The molecule has 0 spiro atoms. The number of hydrogen-bond acceptors (Lipinski definition) is 4. The molecule has 1 aliphatic rings. The largest absolute Gasteiger partial charge is 0.480 e. The van der Waals surface area contributed by atoms with Crippen molar-refractivity contribution in [3.63, 3.8) is 0 Å². The molecule has 1 rings (SSSR count). The van der Waals surface area contributed by atoms with Gasteiger partial charge in [0, 0.05) is 19.1 Å². The zero-order valence-corrected chi connectivity index (χ0v) is 13.1. The van der Waals surface area contributed by atoms with Gasteiger partial charge < -0.3 is 14.6 Å². The Morgan fingerprint density at radius 1 is 1.35 bits per heavy atom. The number of nitrogens with one attached hydrogen (secondary N) is 1. The Kier molecular flexibility index (Phi) is 6.92. The summed E-state index contributed by atoms with van der Waals surface area (Å²) in [6, 6.07) is 0.359. The Labute approximate surface area is 122 Å². The van der Waals surface area contributed by atoms with Crippen LogP contribution in [0.2, 0.25) is 0 Å². The van der Waals surface area contributed by atoms with Gasteiger partial charge in [0.25, 0.3) is 0 Å². The van der Waals surface area contributed by atoms with E-state index in [-0.39, 0.29) is 6.10 Å². The first kappa shape index (κ1) is 17.4. The predicted molar refractivity (Wildman–Crippen MR) is 77.9 cm³/mol. The van der Waals surface area contributed by atoms with Crippen molar-refractivity contribution < 1.29 is 19.4 Å². The third-order valence-corrected chi connectivity index (χ3v) is 3.35. The number of ether oxygens (including phenoxy) is 2. The lowest BCUT2D eigenvalue weighted by Gasteiger charge is -2.29. The van der Waals surface area contributed by atoms with Crippen molar-refractivity contribution in [2.75, 3.05) is 19.8 Å². The first-order chi connectivity index (χ1) is 9.33. The van der Waals surface area contributed by atoms with Crippen molar-refractivity contribution in [2.45, 2.75) is 64.6 Å². The summed E-state index contributed by atoms with van der Waals surface area (Å²) in [5.41, 5.74) is -0.903. The van der Waals surface area contributed by atoms with Crippen LogP contribution in [0.25, 0.3) is 0 Å². The molecule has 5 nitrogen and oxygen atoms in total. The quantitative estimate of drug-likeness (QED) is 0.569. The third-order valence-electron chi connectivity index (χ3n) is 3.35. The molecule has 2 N–H and O–H groups in total. The molecule has 0 heterocycles. The van der Waals surface area contributed by atoms with Crippen LogP contribution in [-0.4, -0.2) is 48.6 Å². The fraction of sp³-hybridized carbons (Fsp3) is 0.933. The number of rotatable bonds is 11. The zero-order valence-electron chi connectivity index (χ0n) is 13.1. The molecule has 1 saturated carbocycles. The average molecular weight is 287 g/mol. The van der Waals surface area contributed by atoms with Crippen LogP contribution < -0.4 is 5.32 Å². The molecule has 0 radical (unpaired) electrons. The van der Waals surface area contributed by atoms with E-state index in [1.807, 2.05) is 6.92 Å². The molecular formula is C15H29NO4. The number of hydrogen-bond donors (Lipinski definition) is 2. The van der Waals surface area contributed by atoms with Gasteiger partial charge in [-0.1, -0.05) is 13.8 Å². The molecule has 0 aromatic heterocycles. The Morgan fingerprint density at radius 3 is 2.50 bits per heavy atom. The Bertz CT molecular complexity index is 304. The van der Waals surface area contributed by atoms with Crippen LogP contribution in [0.15, 0.2) is 0 Å². The van der Waals surface area contributed by atoms with Gasteiger partial charge in [0.1, 0.15) is 5.54 Å². The standard InChI is InChI=1S/C15H29NO4/c1-11(2)10-19-7-8-20-12(3)9-15(4,14(17)18)16-13-5-6-13/h11-13,16H,5-10H2,1-4H3,(H,17,18). The second-order valence-corrected chi connectivity index (χ2v) is 6.41. The molecule has 0 aromatic carbocycles. The lowest BCUT2D eigenvalue weighted by atomic mass is 9.94. The van der Waals surface area contributed by atoms with Gasteiger partial charge in [0.15, 0.2) is 0 Å². The molecule has 5 heteroatoms. The minimum absolute atomic E-state index is 0.106. The van der Waals surface area contributed by atoms with Gasteiger partial charge in [-0.25, -0.2) is 0 Å². The highest BCUT2D eigenvalue weighted by molar-refractivity contribution is 5.78. The van der Waals surface area contributed by atoms with Crippen molar-refractivity contribution in [2.24, 2.45) is 5.92 Å². The molecule has 0 bridgehead atoms. The van der Waals surface area contributed by atoms with Gasteiger partial charge in [-0.2, -0.15) is 0 Å². The Balaban J connectivity index is 2.23. The summed E-state index contributed by atoms with van der Waals surface area (Å²) >= 11 is 0. The van der Waals surface area contributed by atoms with E-state index in [4.69, 9.17) is 9.47 Å². The van der Waals surface area contributed by atoms with Crippen LogP contribution in [0.5, 0.6) is 0 Å². The van der Waals surface area contributed by atoms with Crippen LogP contribution in [-0.2, 0) is 14.3 Å². The maximum absolute atomic E-state index is 11.4. The second kappa shape index (κ2) is 7.96. The van der Waals surface area contributed by atoms with Gasteiger partial charge in [-0.15, -0.1) is 0 Å². The Morgan fingerprint density at radius 2 is 2.00 bits per heavy atom. The van der Waals surface area contributed by atoms with E-state index in [1.54, 1.807) is 6.92 Å². The monoisotopic (exact) mass is 287 g/mol. The fourth-order valence-electron chi connectivity index (χ4n) is 2.15. The van der Waals surface area contributed by atoms with Crippen molar-refractivity contribution in [3.8, 4) is 0 Å². The van der Waals surface area contributed by atoms with Gasteiger partial charge >= 0.3 is 5.97 Å². The fourth-order valence-corrected chi connectivity index (χ4v) is 2.15. The first-order valence-electron chi connectivity index (χ1n) is 7.54. The molecule has 0 aliphatic heterocycles. The van der Waals surface area contributed by atoms with Crippen molar-refractivity contribution in [1.82, 2.24) is 5.32 Å². The Hall–Kier alpha value is -0.650. The van der Waals surface area contributed by atoms with Crippen molar-refractivity contribution in [3.05, 3.63) is 0 Å². The summed E-state index contributed by atoms with van der Waals surface area (Å²) in [7, 11) is 0. The smallest absolute Gasteiger partial charge is 0.323 e. The molecule has 0 saturated heterocycles. The molecule has 1 aliphatic carbocycles. The van der Waals surface area contributed by atoms with E-state index in [0.29, 0.717) is 31.6 Å². The summed E-state index contributed by atoms with van der Waals surface area (Å²) < 4.78 is 11.1. The molecule has 118 valence electrons. The minimum Gasteiger partial charge on any atom is -0.480 e. The van der Waals surface area contributed by atoms with Crippen LogP contribution in [0.3, 0.4) is 0 Å². The molecule has 20 heavy (non-hydrogen) atoms. The predicted octanol–water partition coefficient (Wildman–Crippen LogP) is 2.05. The average Bonchev–Trinajstić information content (AvgIpc) is 3.11. The first-order valence-corrected chi connectivity index (χ1v) is 7.54. The highest BCUT2D eigenvalue weighted by Gasteiger charge is 2.39. The summed E-state index contributed by atoms with van der Waals surface area (Å²) in [5.74, 6) is -0.290. The highest BCUT2D eigenvalue weighted by atomic mass is 16.5. The number of carboxylic acids is 1. The topological polar surface area (TPSA) is 67.8 Å². The van der Waals surface area contributed by atoms with Crippen LogP contribution in [0, 0.1) is 5.92 Å². The van der Waals surface area contributed by atoms with E-state index in [0.717, 1.165) is 19.4 Å². The van der Waals surface area contributed by atoms with E-state index in [1.165, 1.54) is 0 Å². The molecular weight excluding hydrogens is 258 g/mol. The van der Waals surface area contributed by atoms with Gasteiger partial charge in [-0.05, 0) is 32.6 Å². The van der Waals surface area contributed by atoms with Gasteiger partial charge in [-0.3, -0.25) is 10.1 Å². The summed E-state index contributed by atoms with van der Waals surface area (Å²) in [6.45, 7) is 9.65. The normalized spacial score (nSPS) is 19.9. The SMILES string of the molecule is CC(C)COCCOC(C)CC(C)(NC1CC1)C(=O)O. The van der Waals surface area contributed by atoms with E-state index < -0.39 is 11.5 Å². The molecule has 1 fully saturated rings. The molecule has 2 unspecified atom stereocenters. The molecule has 2 atom stereocenters. The minimum atomic E-state index is -0.903.